The average Bonchev–Trinajstić information content (AvgIpc) is 2.76. The number of hydrogen-bond acceptors (Lipinski definition) is 7. The van der Waals surface area contributed by atoms with Crippen LogP contribution in [-0.4, -0.2) is 38.1 Å². The Morgan fingerprint density at radius 3 is 1.73 bits per heavy atom. The molecule has 0 aliphatic heterocycles. The summed E-state index contributed by atoms with van der Waals surface area (Å²) < 4.78 is 44.4. The van der Waals surface area contributed by atoms with E-state index >= 15 is 0 Å². The molecule has 0 N–H and O–H groups in total. The Balaban J connectivity index is 0.0000102. The second-order valence-electron chi connectivity index (χ2n) is 7.24. The van der Waals surface area contributed by atoms with Crippen LogP contribution in [0.4, 0.5) is 0 Å². The average molecular weight is 489 g/mol. The van der Waals surface area contributed by atoms with E-state index in [4.69, 9.17) is 9.47 Å². The molecule has 0 aliphatic rings. The van der Waals surface area contributed by atoms with Gasteiger partial charge < -0.3 is 14.0 Å². The van der Waals surface area contributed by atoms with Crippen LogP contribution >= 0.6 is 0 Å². The molecule has 9 heteroatoms. The fourth-order valence-electron chi connectivity index (χ4n) is 2.74. The number of carbonyl (C=O) groups excluding carboxylic acids is 2. The van der Waals surface area contributed by atoms with Crippen LogP contribution < -0.4 is 29.6 Å². The van der Waals surface area contributed by atoms with Gasteiger partial charge in [-0.15, -0.1) is 0 Å². The van der Waals surface area contributed by atoms with E-state index in [-0.39, 0.29) is 53.9 Å². The molecule has 0 aliphatic carbocycles. The van der Waals surface area contributed by atoms with E-state index in [1.54, 1.807) is 0 Å². The molecule has 0 fully saturated rings. The van der Waals surface area contributed by atoms with Crippen molar-refractivity contribution in [3.8, 4) is 0 Å². The van der Waals surface area contributed by atoms with Crippen molar-refractivity contribution in [3.05, 3.63) is 53.6 Å². The maximum absolute atomic E-state index is 12.5. The fraction of sp³-hybridized carbons (Fsp3) is 0.500. The molecule has 1 aromatic carbocycles. The molecule has 0 saturated carbocycles. The van der Waals surface area contributed by atoms with Crippen LogP contribution in [0.2, 0.25) is 0 Å². The van der Waals surface area contributed by atoms with Crippen molar-refractivity contribution in [2.24, 2.45) is 0 Å². The van der Waals surface area contributed by atoms with Crippen LogP contribution in [0, 0.1) is 0 Å². The molecule has 0 aromatic heterocycles. The first-order valence-electron chi connectivity index (χ1n) is 11.0. The molecular formula is C24H33NaO7S. The van der Waals surface area contributed by atoms with Crippen molar-refractivity contribution >= 4 is 22.1 Å². The molecule has 33 heavy (non-hydrogen) atoms. The van der Waals surface area contributed by atoms with Crippen LogP contribution in [0.1, 0.15) is 85.9 Å². The van der Waals surface area contributed by atoms with Gasteiger partial charge in [-0.3, -0.25) is 0 Å². The van der Waals surface area contributed by atoms with Crippen molar-refractivity contribution in [3.63, 3.8) is 0 Å². The summed E-state index contributed by atoms with van der Waals surface area (Å²) in [6.45, 7) is 4.37. The first-order chi connectivity index (χ1) is 15.3. The zero-order chi connectivity index (χ0) is 23.8. The summed E-state index contributed by atoms with van der Waals surface area (Å²) in [4.78, 5) is 24.3. The third-order valence-corrected chi connectivity index (χ3v) is 5.37. The van der Waals surface area contributed by atoms with Gasteiger partial charge in [-0.05, 0) is 43.9 Å². The van der Waals surface area contributed by atoms with E-state index in [0.717, 1.165) is 56.7 Å². The molecule has 0 heterocycles. The quantitative estimate of drug-likeness (QED) is 0.122. The Bertz CT molecular complexity index is 892. The minimum absolute atomic E-state index is 0. The van der Waals surface area contributed by atoms with Crippen LogP contribution in [-0.2, 0) is 19.6 Å². The van der Waals surface area contributed by atoms with Crippen molar-refractivity contribution in [2.45, 2.75) is 70.1 Å². The third-order valence-electron chi connectivity index (χ3n) is 4.54. The van der Waals surface area contributed by atoms with Crippen molar-refractivity contribution < 1.29 is 61.6 Å². The van der Waals surface area contributed by atoms with E-state index in [9.17, 15) is 22.6 Å². The topological polar surface area (TPSA) is 110 Å². The van der Waals surface area contributed by atoms with Crippen LogP contribution in [0.15, 0.2) is 47.4 Å². The largest absolute Gasteiger partial charge is 1.00 e. The monoisotopic (exact) mass is 488 g/mol. The van der Waals surface area contributed by atoms with Crippen molar-refractivity contribution in [1.29, 1.82) is 0 Å². The maximum Gasteiger partial charge on any atom is 1.00 e. The Kier molecular flexibility index (Phi) is 17.2. The molecule has 1 rings (SSSR count). The molecular weight excluding hydrogens is 455 g/mol. The Morgan fingerprint density at radius 1 is 0.818 bits per heavy atom. The zero-order valence-corrected chi connectivity index (χ0v) is 22.7. The SMILES string of the molecule is CCCC/C=C/CCOC(=O)c1ccc(S(=O)(=O)[O-])cc1C(=O)OCC/C=C/CCCC.[Na+]. The summed E-state index contributed by atoms with van der Waals surface area (Å²) in [7, 11) is -4.80. The zero-order valence-electron chi connectivity index (χ0n) is 19.9. The molecule has 1 aromatic rings. The van der Waals surface area contributed by atoms with Gasteiger partial charge >= 0.3 is 41.5 Å². The van der Waals surface area contributed by atoms with Gasteiger partial charge in [-0.2, -0.15) is 0 Å². The molecule has 0 amide bonds. The van der Waals surface area contributed by atoms with Gasteiger partial charge in [0.25, 0.3) is 0 Å². The maximum atomic E-state index is 12.5. The minimum Gasteiger partial charge on any atom is -0.744 e. The van der Waals surface area contributed by atoms with E-state index < -0.39 is 27.0 Å². The first kappa shape index (κ1) is 31.6. The second-order valence-corrected chi connectivity index (χ2v) is 8.62. The molecule has 0 unspecified atom stereocenters. The summed E-state index contributed by atoms with van der Waals surface area (Å²) in [5.74, 6) is -1.67. The number of hydrogen-bond donors (Lipinski definition) is 0. The van der Waals surface area contributed by atoms with Crippen molar-refractivity contribution in [1.82, 2.24) is 0 Å². The number of allylic oxidation sites excluding steroid dienone is 2. The van der Waals surface area contributed by atoms with E-state index in [0.29, 0.717) is 12.8 Å². The Hall–Kier alpha value is -1.45. The summed E-state index contributed by atoms with van der Waals surface area (Å²) >= 11 is 0. The predicted molar refractivity (Wildman–Crippen MR) is 122 cm³/mol. The van der Waals surface area contributed by atoms with Crippen molar-refractivity contribution in [2.75, 3.05) is 13.2 Å². The van der Waals surface area contributed by atoms with Crippen LogP contribution in [0.3, 0.4) is 0 Å². The molecule has 7 nitrogen and oxygen atoms in total. The van der Waals surface area contributed by atoms with Gasteiger partial charge in [-0.25, -0.2) is 18.0 Å². The number of esters is 2. The Labute approximate surface area is 219 Å². The van der Waals surface area contributed by atoms with E-state index in [1.807, 2.05) is 24.3 Å². The van der Waals surface area contributed by atoms with Gasteiger partial charge in [0.1, 0.15) is 10.1 Å². The van der Waals surface area contributed by atoms with Crippen LogP contribution in [0.5, 0.6) is 0 Å². The molecule has 0 spiro atoms. The van der Waals surface area contributed by atoms with E-state index in [1.165, 1.54) is 0 Å². The molecule has 0 atom stereocenters. The summed E-state index contributed by atoms with van der Waals surface area (Å²) in [6, 6.07) is 2.95. The van der Waals surface area contributed by atoms with Gasteiger partial charge in [0.2, 0.25) is 0 Å². The van der Waals surface area contributed by atoms with Gasteiger partial charge in [-0.1, -0.05) is 63.8 Å². The van der Waals surface area contributed by atoms with Gasteiger partial charge in [0, 0.05) is 0 Å². The van der Waals surface area contributed by atoms with Gasteiger partial charge in [0.15, 0.2) is 0 Å². The third kappa shape index (κ3) is 13.1. The standard InChI is InChI=1S/C24H34O7S.Na/c1-3-5-7-9-11-13-17-30-23(25)21-16-15-20(32(27,28)29)19-22(21)24(26)31-18-14-12-10-8-6-4-2;/h9-12,15-16,19H,3-8,13-14,17-18H2,1-2H3,(H,27,28,29);/q;+1/p-1/b11-9+,12-10+;. The molecule has 0 radical (unpaired) electrons. The number of rotatable bonds is 15. The smallest absolute Gasteiger partial charge is 0.744 e. The van der Waals surface area contributed by atoms with E-state index in [2.05, 4.69) is 13.8 Å². The number of benzene rings is 1. The fourth-order valence-corrected chi connectivity index (χ4v) is 3.23. The normalized spacial score (nSPS) is 11.5. The predicted octanol–water partition coefficient (Wildman–Crippen LogP) is 2.18. The summed E-state index contributed by atoms with van der Waals surface area (Å²) in [5, 5.41) is 0. The number of unbranched alkanes of at least 4 members (excludes halogenated alkanes) is 4. The minimum atomic E-state index is -4.80. The summed E-state index contributed by atoms with van der Waals surface area (Å²) in [6.07, 6.45) is 15.1. The number of ether oxygens (including phenoxy) is 2. The molecule has 0 saturated heterocycles. The number of carbonyl (C=O) groups is 2. The summed E-state index contributed by atoms with van der Waals surface area (Å²) in [5.41, 5.74) is -0.448. The molecule has 178 valence electrons. The second kappa shape index (κ2) is 18.0. The van der Waals surface area contributed by atoms with Crippen LogP contribution in [0.25, 0.3) is 0 Å². The first-order valence-corrected chi connectivity index (χ1v) is 12.5. The Morgan fingerprint density at radius 2 is 1.27 bits per heavy atom. The van der Waals surface area contributed by atoms with Gasteiger partial charge in [0.05, 0.1) is 29.2 Å². The molecule has 0 bridgehead atoms.